The molecule has 1 fully saturated rings. The number of fused-ring (bicyclic) bond motifs is 1. The molecule has 4 heteroatoms. The number of nitrogens with zero attached hydrogens (tertiary/aromatic N) is 2. The summed E-state index contributed by atoms with van der Waals surface area (Å²) < 4.78 is 0. The van der Waals surface area contributed by atoms with Crippen molar-refractivity contribution in [3.8, 4) is 0 Å². The van der Waals surface area contributed by atoms with E-state index < -0.39 is 17.3 Å². The van der Waals surface area contributed by atoms with Crippen molar-refractivity contribution in [2.45, 2.75) is 24.7 Å². The molecule has 2 amide bonds. The van der Waals surface area contributed by atoms with Crippen molar-refractivity contribution >= 4 is 40.2 Å². The van der Waals surface area contributed by atoms with E-state index in [4.69, 9.17) is 4.99 Å². The van der Waals surface area contributed by atoms with Crippen molar-refractivity contribution in [1.29, 1.82) is 0 Å². The van der Waals surface area contributed by atoms with E-state index in [2.05, 4.69) is 55.5 Å². The third-order valence-electron chi connectivity index (χ3n) is 9.46. The summed E-state index contributed by atoms with van der Waals surface area (Å²) in [7, 11) is 0. The van der Waals surface area contributed by atoms with Crippen molar-refractivity contribution in [1.82, 2.24) is 0 Å². The van der Waals surface area contributed by atoms with Gasteiger partial charge >= 0.3 is 0 Å². The molecule has 0 radical (unpaired) electrons. The molecule has 1 heterocycles. The standard InChI is InChI=1S/C37H28N2O2/c1-2-23-14-20-27(21-15-23)38-22-37-26-18-16-25(17-19-26)32(29-11-5-6-12-30(29)37)33-34(37)36(41)39(35(33)40)31-13-7-9-24-8-3-4-10-28(24)31/h3-22,32-34H,2H2,1H3/t32-,33+,34-,37+/m0/s1. The Kier molecular flexibility index (Phi) is 5.17. The van der Waals surface area contributed by atoms with Crippen LogP contribution in [0.4, 0.5) is 11.4 Å². The van der Waals surface area contributed by atoms with Gasteiger partial charge in [-0.05, 0) is 57.8 Å². The smallest absolute Gasteiger partial charge is 0.239 e. The predicted molar refractivity (Wildman–Crippen MR) is 163 cm³/mol. The minimum Gasteiger partial charge on any atom is -0.274 e. The third-order valence-corrected chi connectivity index (χ3v) is 9.46. The molecular formula is C37H28N2O2. The highest BCUT2D eigenvalue weighted by Gasteiger charge is 2.65. The van der Waals surface area contributed by atoms with Crippen LogP contribution in [0.15, 0.2) is 120 Å². The molecule has 0 aromatic heterocycles. The summed E-state index contributed by atoms with van der Waals surface area (Å²) in [5, 5.41) is 1.90. The molecule has 0 N–H and O–H groups in total. The molecule has 4 bridgehead atoms. The first-order valence-corrected chi connectivity index (χ1v) is 14.3. The molecule has 0 spiro atoms. The highest BCUT2D eigenvalue weighted by Crippen LogP contribution is 2.60. The zero-order valence-electron chi connectivity index (χ0n) is 22.7. The Morgan fingerprint density at radius 2 is 1.51 bits per heavy atom. The summed E-state index contributed by atoms with van der Waals surface area (Å²) in [6.07, 6.45) is 2.91. The fourth-order valence-electron chi connectivity index (χ4n) is 7.56. The number of hydrogen-bond donors (Lipinski definition) is 0. The molecule has 5 aliphatic carbocycles. The van der Waals surface area contributed by atoms with Crippen molar-refractivity contribution < 1.29 is 9.59 Å². The van der Waals surface area contributed by atoms with Crippen LogP contribution in [0.25, 0.3) is 10.8 Å². The van der Waals surface area contributed by atoms with Crippen molar-refractivity contribution in [2.24, 2.45) is 16.8 Å². The summed E-state index contributed by atoms with van der Waals surface area (Å²) in [6, 6.07) is 38.8. The Hall–Kier alpha value is -4.83. The summed E-state index contributed by atoms with van der Waals surface area (Å²) in [5.41, 5.74) is 6.04. The van der Waals surface area contributed by atoms with Gasteiger partial charge in [0.1, 0.15) is 0 Å². The largest absolute Gasteiger partial charge is 0.274 e. The number of hydrogen-bond acceptors (Lipinski definition) is 3. The first kappa shape index (κ1) is 24.0. The second-order valence-corrected chi connectivity index (χ2v) is 11.3. The van der Waals surface area contributed by atoms with Gasteiger partial charge in [-0.15, -0.1) is 0 Å². The fourth-order valence-corrected chi connectivity index (χ4v) is 7.56. The molecular weight excluding hydrogens is 504 g/mol. The van der Waals surface area contributed by atoms with Crippen LogP contribution in [0.2, 0.25) is 0 Å². The lowest BCUT2D eigenvalue weighted by Gasteiger charge is -2.48. The SMILES string of the molecule is CCc1ccc(N=C[C@@]23c4ccc(cc4)[C@@H](c4ccccc42)[C@H]2C(=O)N(c4cccc5ccccc45)C(=O)[C@H]23)cc1. The Balaban J connectivity index is 1.39. The van der Waals surface area contributed by atoms with E-state index in [1.807, 2.05) is 72.9 Å². The summed E-state index contributed by atoms with van der Waals surface area (Å²) in [5.74, 6) is -1.67. The van der Waals surface area contributed by atoms with E-state index >= 15 is 0 Å². The van der Waals surface area contributed by atoms with E-state index in [0.717, 1.165) is 45.1 Å². The van der Waals surface area contributed by atoms with Crippen LogP contribution in [0, 0.1) is 11.8 Å². The van der Waals surface area contributed by atoms with Crippen LogP contribution < -0.4 is 4.90 Å². The van der Waals surface area contributed by atoms with Gasteiger partial charge in [-0.2, -0.15) is 0 Å². The fraction of sp³-hybridized carbons (Fsp3) is 0.162. The number of aliphatic imine (C=N–C) groups is 1. The number of benzene rings is 5. The lowest BCUT2D eigenvalue weighted by molar-refractivity contribution is -0.122. The normalized spacial score (nSPS) is 24.1. The molecule has 0 saturated carbocycles. The van der Waals surface area contributed by atoms with E-state index in [1.165, 1.54) is 10.5 Å². The van der Waals surface area contributed by atoms with Crippen molar-refractivity contribution in [3.63, 3.8) is 0 Å². The number of rotatable bonds is 4. The van der Waals surface area contributed by atoms with Crippen molar-refractivity contribution in [3.05, 3.63) is 143 Å². The lowest BCUT2D eigenvalue weighted by Crippen LogP contribution is -2.51. The van der Waals surface area contributed by atoms with Crippen LogP contribution in [0.3, 0.4) is 0 Å². The second-order valence-electron chi connectivity index (χ2n) is 11.3. The van der Waals surface area contributed by atoms with Gasteiger partial charge in [-0.3, -0.25) is 14.6 Å². The number of amides is 2. The van der Waals surface area contributed by atoms with Gasteiger partial charge in [0.15, 0.2) is 0 Å². The molecule has 1 saturated heterocycles. The van der Waals surface area contributed by atoms with Crippen LogP contribution in [0.1, 0.15) is 40.7 Å². The summed E-state index contributed by atoms with van der Waals surface area (Å²) in [4.78, 5) is 35.9. The Bertz CT molecular complexity index is 1880. The molecule has 41 heavy (non-hydrogen) atoms. The highest BCUT2D eigenvalue weighted by atomic mass is 16.2. The van der Waals surface area contributed by atoms with Crippen LogP contribution in [0.5, 0.6) is 0 Å². The van der Waals surface area contributed by atoms with Gasteiger partial charge in [-0.1, -0.05) is 104 Å². The maximum atomic E-state index is 14.8. The number of aryl methyl sites for hydroxylation is 1. The Morgan fingerprint density at radius 3 is 2.32 bits per heavy atom. The minimum absolute atomic E-state index is 0.136. The second kappa shape index (κ2) is 8.84. The maximum Gasteiger partial charge on any atom is 0.239 e. The summed E-state index contributed by atoms with van der Waals surface area (Å²) >= 11 is 0. The zero-order valence-corrected chi connectivity index (χ0v) is 22.7. The monoisotopic (exact) mass is 532 g/mol. The molecule has 4 nitrogen and oxygen atoms in total. The van der Waals surface area contributed by atoms with Gasteiger partial charge in [0.05, 0.1) is 28.6 Å². The van der Waals surface area contributed by atoms with Crippen LogP contribution in [-0.4, -0.2) is 18.0 Å². The van der Waals surface area contributed by atoms with E-state index in [9.17, 15) is 9.59 Å². The van der Waals surface area contributed by atoms with Crippen molar-refractivity contribution in [2.75, 3.05) is 4.90 Å². The quantitative estimate of drug-likeness (QED) is 0.179. The lowest BCUT2D eigenvalue weighted by atomic mass is 9.52. The molecule has 0 unspecified atom stereocenters. The van der Waals surface area contributed by atoms with E-state index in [0.29, 0.717) is 5.69 Å². The average Bonchev–Trinajstić information content (AvgIpc) is 3.27. The molecule has 5 aromatic carbocycles. The van der Waals surface area contributed by atoms with Crippen LogP contribution >= 0.6 is 0 Å². The van der Waals surface area contributed by atoms with Gasteiger partial charge in [-0.25, -0.2) is 4.90 Å². The summed E-state index contributed by atoms with van der Waals surface area (Å²) in [6.45, 7) is 2.13. The predicted octanol–water partition coefficient (Wildman–Crippen LogP) is 7.36. The maximum absolute atomic E-state index is 14.8. The number of anilines is 1. The number of carbonyl (C=O) groups is 2. The Morgan fingerprint density at radius 1 is 0.780 bits per heavy atom. The van der Waals surface area contributed by atoms with Gasteiger partial charge < -0.3 is 0 Å². The Labute approximate surface area is 239 Å². The molecule has 4 atom stereocenters. The van der Waals surface area contributed by atoms with Crippen LogP contribution in [-0.2, 0) is 21.4 Å². The molecule has 5 aromatic rings. The molecule has 11 rings (SSSR count). The number of imide groups is 1. The van der Waals surface area contributed by atoms with Gasteiger partial charge in [0.2, 0.25) is 11.8 Å². The van der Waals surface area contributed by atoms with Gasteiger partial charge in [0.25, 0.3) is 0 Å². The van der Waals surface area contributed by atoms with Gasteiger partial charge in [0, 0.05) is 17.5 Å². The van der Waals surface area contributed by atoms with E-state index in [-0.39, 0.29) is 17.7 Å². The zero-order chi connectivity index (χ0) is 27.7. The highest BCUT2D eigenvalue weighted by molar-refractivity contribution is 6.27. The molecule has 1 aliphatic heterocycles. The van der Waals surface area contributed by atoms with E-state index in [1.54, 1.807) is 0 Å². The third kappa shape index (κ3) is 3.25. The molecule has 198 valence electrons. The molecule has 6 aliphatic rings. The first-order valence-electron chi connectivity index (χ1n) is 14.3. The topological polar surface area (TPSA) is 49.7 Å². The minimum atomic E-state index is -0.897. The number of carbonyl (C=O) groups excluding carboxylic acids is 2. The average molecular weight is 533 g/mol. The first-order chi connectivity index (χ1) is 20.1.